The van der Waals surface area contributed by atoms with Crippen molar-refractivity contribution in [1.29, 1.82) is 0 Å². The standard InChI is InChI=1S/C15H23N3O2/c1-18(2)12-7-8-13(16)14(9-12)20-10-15(19)17-11-5-3-4-6-11/h7-9,11H,3-6,10,16H2,1-2H3,(H,17,19). The lowest BCUT2D eigenvalue weighted by molar-refractivity contribution is -0.123. The van der Waals surface area contributed by atoms with Crippen LogP contribution in [0.2, 0.25) is 0 Å². The molecule has 0 spiro atoms. The summed E-state index contributed by atoms with van der Waals surface area (Å²) in [5, 5.41) is 2.99. The van der Waals surface area contributed by atoms with Crippen molar-refractivity contribution >= 4 is 17.3 Å². The van der Waals surface area contributed by atoms with Gasteiger partial charge in [0.2, 0.25) is 0 Å². The molecular formula is C15H23N3O2. The molecule has 20 heavy (non-hydrogen) atoms. The molecule has 0 aromatic heterocycles. The Morgan fingerprint density at radius 3 is 2.75 bits per heavy atom. The molecular weight excluding hydrogens is 254 g/mol. The number of nitrogen functional groups attached to an aromatic ring is 1. The van der Waals surface area contributed by atoms with E-state index in [-0.39, 0.29) is 12.5 Å². The number of benzene rings is 1. The van der Waals surface area contributed by atoms with Crippen molar-refractivity contribution in [2.45, 2.75) is 31.7 Å². The average molecular weight is 277 g/mol. The fraction of sp³-hybridized carbons (Fsp3) is 0.533. The number of carbonyl (C=O) groups is 1. The van der Waals surface area contributed by atoms with E-state index in [1.165, 1.54) is 12.8 Å². The van der Waals surface area contributed by atoms with Crippen molar-refractivity contribution in [2.24, 2.45) is 0 Å². The van der Waals surface area contributed by atoms with Gasteiger partial charge in [-0.25, -0.2) is 0 Å². The molecule has 1 amide bonds. The van der Waals surface area contributed by atoms with Gasteiger partial charge in [0.1, 0.15) is 5.75 Å². The van der Waals surface area contributed by atoms with E-state index in [1.807, 2.05) is 31.1 Å². The Bertz CT molecular complexity index is 468. The van der Waals surface area contributed by atoms with Crippen LogP contribution in [0.15, 0.2) is 18.2 Å². The summed E-state index contributed by atoms with van der Waals surface area (Å²) >= 11 is 0. The van der Waals surface area contributed by atoms with E-state index < -0.39 is 0 Å². The molecule has 1 saturated carbocycles. The molecule has 1 aromatic carbocycles. The summed E-state index contributed by atoms with van der Waals surface area (Å²) in [7, 11) is 3.89. The number of nitrogens with zero attached hydrogens (tertiary/aromatic N) is 1. The van der Waals surface area contributed by atoms with Crippen LogP contribution in [0.25, 0.3) is 0 Å². The maximum atomic E-state index is 11.8. The average Bonchev–Trinajstić information content (AvgIpc) is 2.90. The van der Waals surface area contributed by atoms with E-state index in [9.17, 15) is 4.79 Å². The smallest absolute Gasteiger partial charge is 0.258 e. The normalized spacial score (nSPS) is 15.1. The minimum atomic E-state index is -0.0773. The number of carbonyl (C=O) groups excluding carboxylic acids is 1. The van der Waals surface area contributed by atoms with Gasteiger partial charge in [0, 0.05) is 31.9 Å². The van der Waals surface area contributed by atoms with Crippen molar-refractivity contribution in [1.82, 2.24) is 5.32 Å². The van der Waals surface area contributed by atoms with Gasteiger partial charge in [-0.15, -0.1) is 0 Å². The summed E-state index contributed by atoms with van der Waals surface area (Å²) in [5.74, 6) is 0.476. The largest absolute Gasteiger partial charge is 0.482 e. The Morgan fingerprint density at radius 1 is 1.40 bits per heavy atom. The molecule has 0 heterocycles. The van der Waals surface area contributed by atoms with Gasteiger partial charge in [-0.2, -0.15) is 0 Å². The SMILES string of the molecule is CN(C)c1ccc(N)c(OCC(=O)NC2CCCC2)c1. The predicted octanol–water partition coefficient (Wildman–Crippen LogP) is 1.77. The number of hydrogen-bond donors (Lipinski definition) is 2. The topological polar surface area (TPSA) is 67.6 Å². The summed E-state index contributed by atoms with van der Waals surface area (Å²) < 4.78 is 5.54. The molecule has 0 unspecified atom stereocenters. The van der Waals surface area contributed by atoms with E-state index in [1.54, 1.807) is 6.07 Å². The molecule has 0 saturated heterocycles. The first kappa shape index (κ1) is 14.5. The summed E-state index contributed by atoms with van der Waals surface area (Å²) in [6, 6.07) is 5.87. The van der Waals surface area contributed by atoms with Gasteiger partial charge in [0.25, 0.3) is 5.91 Å². The molecule has 1 aliphatic rings. The molecule has 2 rings (SSSR count). The monoisotopic (exact) mass is 277 g/mol. The second-order valence-electron chi connectivity index (χ2n) is 5.45. The van der Waals surface area contributed by atoms with Crippen molar-refractivity contribution in [3.8, 4) is 5.75 Å². The lowest BCUT2D eigenvalue weighted by atomic mass is 10.2. The summed E-state index contributed by atoms with van der Waals surface area (Å²) in [4.78, 5) is 13.8. The van der Waals surface area contributed by atoms with Gasteiger partial charge in [-0.1, -0.05) is 12.8 Å². The quantitative estimate of drug-likeness (QED) is 0.805. The Kier molecular flexibility index (Phi) is 4.71. The summed E-state index contributed by atoms with van der Waals surface area (Å²) in [6.45, 7) is 0.0115. The molecule has 1 aromatic rings. The van der Waals surface area contributed by atoms with Crippen molar-refractivity contribution < 1.29 is 9.53 Å². The molecule has 5 heteroatoms. The molecule has 0 radical (unpaired) electrons. The van der Waals surface area contributed by atoms with Gasteiger partial charge >= 0.3 is 0 Å². The maximum absolute atomic E-state index is 11.8. The van der Waals surface area contributed by atoms with Crippen LogP contribution < -0.4 is 20.7 Å². The van der Waals surface area contributed by atoms with E-state index in [4.69, 9.17) is 10.5 Å². The lowest BCUT2D eigenvalue weighted by Gasteiger charge is -2.16. The third-order valence-corrected chi connectivity index (χ3v) is 3.59. The van der Waals surface area contributed by atoms with E-state index in [0.29, 0.717) is 17.5 Å². The fourth-order valence-electron chi connectivity index (χ4n) is 2.41. The minimum absolute atomic E-state index is 0.0115. The van der Waals surface area contributed by atoms with Crippen molar-refractivity contribution in [3.63, 3.8) is 0 Å². The molecule has 1 fully saturated rings. The maximum Gasteiger partial charge on any atom is 0.258 e. The predicted molar refractivity (Wildman–Crippen MR) is 81.1 cm³/mol. The zero-order valence-electron chi connectivity index (χ0n) is 12.2. The van der Waals surface area contributed by atoms with E-state index in [0.717, 1.165) is 18.5 Å². The molecule has 110 valence electrons. The highest BCUT2D eigenvalue weighted by molar-refractivity contribution is 5.78. The van der Waals surface area contributed by atoms with Gasteiger partial charge in [0.15, 0.2) is 6.61 Å². The molecule has 5 nitrogen and oxygen atoms in total. The van der Waals surface area contributed by atoms with Crippen molar-refractivity contribution in [3.05, 3.63) is 18.2 Å². The van der Waals surface area contributed by atoms with Gasteiger partial charge in [-0.3, -0.25) is 4.79 Å². The molecule has 0 aliphatic heterocycles. The number of amides is 1. The molecule has 0 bridgehead atoms. The number of rotatable bonds is 5. The van der Waals surface area contributed by atoms with Crippen LogP contribution >= 0.6 is 0 Å². The van der Waals surface area contributed by atoms with Crippen LogP contribution in [-0.4, -0.2) is 32.7 Å². The van der Waals surface area contributed by atoms with E-state index >= 15 is 0 Å². The lowest BCUT2D eigenvalue weighted by Crippen LogP contribution is -2.36. The second-order valence-corrected chi connectivity index (χ2v) is 5.45. The van der Waals surface area contributed by atoms with Crippen LogP contribution in [0.3, 0.4) is 0 Å². The number of nitrogens with one attached hydrogen (secondary N) is 1. The summed E-state index contributed by atoms with van der Waals surface area (Å²) in [6.07, 6.45) is 4.54. The minimum Gasteiger partial charge on any atom is -0.482 e. The first-order chi connectivity index (χ1) is 9.56. The molecule has 1 aliphatic carbocycles. The third-order valence-electron chi connectivity index (χ3n) is 3.59. The highest BCUT2D eigenvalue weighted by atomic mass is 16.5. The third kappa shape index (κ3) is 3.79. The second kappa shape index (κ2) is 6.50. The number of ether oxygens (including phenoxy) is 1. The van der Waals surface area contributed by atoms with Crippen LogP contribution in [0.5, 0.6) is 5.75 Å². The van der Waals surface area contributed by atoms with E-state index in [2.05, 4.69) is 5.32 Å². The Hall–Kier alpha value is -1.91. The Balaban J connectivity index is 1.89. The van der Waals surface area contributed by atoms with Crippen LogP contribution in [0.4, 0.5) is 11.4 Å². The molecule has 3 N–H and O–H groups in total. The Labute approximate surface area is 120 Å². The first-order valence-corrected chi connectivity index (χ1v) is 7.05. The zero-order valence-corrected chi connectivity index (χ0v) is 12.2. The number of hydrogen-bond acceptors (Lipinski definition) is 4. The zero-order chi connectivity index (χ0) is 14.5. The van der Waals surface area contributed by atoms with Gasteiger partial charge < -0.3 is 20.7 Å². The van der Waals surface area contributed by atoms with Gasteiger partial charge in [0.05, 0.1) is 5.69 Å². The fourth-order valence-corrected chi connectivity index (χ4v) is 2.41. The summed E-state index contributed by atoms with van der Waals surface area (Å²) in [5.41, 5.74) is 7.40. The van der Waals surface area contributed by atoms with Gasteiger partial charge in [-0.05, 0) is 25.0 Å². The Morgan fingerprint density at radius 2 is 2.10 bits per heavy atom. The number of anilines is 2. The highest BCUT2D eigenvalue weighted by Gasteiger charge is 2.17. The highest BCUT2D eigenvalue weighted by Crippen LogP contribution is 2.26. The van der Waals surface area contributed by atoms with Crippen LogP contribution in [-0.2, 0) is 4.79 Å². The van der Waals surface area contributed by atoms with Crippen LogP contribution in [0.1, 0.15) is 25.7 Å². The molecule has 0 atom stereocenters. The first-order valence-electron chi connectivity index (χ1n) is 7.05. The van der Waals surface area contributed by atoms with Crippen LogP contribution in [0, 0.1) is 0 Å². The van der Waals surface area contributed by atoms with Crippen molar-refractivity contribution in [2.75, 3.05) is 31.3 Å². The number of nitrogens with two attached hydrogens (primary N) is 1.